The lowest BCUT2D eigenvalue weighted by atomic mass is 10.2. The third-order valence-electron chi connectivity index (χ3n) is 2.98. The van der Waals surface area contributed by atoms with Crippen LogP contribution in [0.4, 0.5) is 0 Å². The first-order chi connectivity index (χ1) is 7.04. The molecule has 1 rings (SSSR count). The summed E-state index contributed by atoms with van der Waals surface area (Å²) in [6.45, 7) is 3.30. The highest BCUT2D eigenvalue weighted by Gasteiger charge is 2.28. The molecule has 0 N–H and O–H groups in total. The molecule has 0 heterocycles. The molecule has 0 aromatic rings. The van der Waals surface area contributed by atoms with Crippen molar-refractivity contribution >= 4 is 11.7 Å². The predicted molar refractivity (Wildman–Crippen MR) is 58.6 cm³/mol. The molecule has 4 nitrogen and oxygen atoms in total. The molecule has 1 unspecified atom stereocenters. The summed E-state index contributed by atoms with van der Waals surface area (Å²) in [5.41, 5.74) is 0. The van der Waals surface area contributed by atoms with E-state index in [0.29, 0.717) is 25.2 Å². The van der Waals surface area contributed by atoms with Gasteiger partial charge in [-0.15, -0.1) is 0 Å². The maximum Gasteiger partial charge on any atom is 0.236 e. The number of hydrogen-bond acceptors (Lipinski definition) is 3. The highest BCUT2D eigenvalue weighted by molar-refractivity contribution is 5.81. The Morgan fingerprint density at radius 1 is 1.47 bits per heavy atom. The molecule has 1 aliphatic carbocycles. The van der Waals surface area contributed by atoms with Gasteiger partial charge in [0.05, 0.1) is 6.54 Å². The monoisotopic (exact) mass is 212 g/mol. The maximum atomic E-state index is 11.5. The van der Waals surface area contributed by atoms with Crippen molar-refractivity contribution in [3.05, 3.63) is 0 Å². The molecule has 0 spiro atoms. The van der Waals surface area contributed by atoms with Crippen molar-refractivity contribution in [3.8, 4) is 0 Å². The van der Waals surface area contributed by atoms with E-state index in [1.807, 2.05) is 6.92 Å². The van der Waals surface area contributed by atoms with Gasteiger partial charge in [0.1, 0.15) is 5.78 Å². The third kappa shape index (κ3) is 3.30. The van der Waals surface area contributed by atoms with Crippen molar-refractivity contribution < 1.29 is 9.59 Å². The zero-order chi connectivity index (χ0) is 11.4. The van der Waals surface area contributed by atoms with Crippen LogP contribution in [0.1, 0.15) is 26.2 Å². The Morgan fingerprint density at radius 3 is 2.53 bits per heavy atom. The van der Waals surface area contributed by atoms with Crippen molar-refractivity contribution in [2.75, 3.05) is 27.2 Å². The van der Waals surface area contributed by atoms with Crippen LogP contribution in [0.5, 0.6) is 0 Å². The molecule has 0 saturated heterocycles. The number of likely N-dealkylation sites (N-methyl/N-ethyl adjacent to an activating group) is 2. The van der Waals surface area contributed by atoms with E-state index in [9.17, 15) is 9.59 Å². The summed E-state index contributed by atoms with van der Waals surface area (Å²) < 4.78 is 0. The average molecular weight is 212 g/mol. The zero-order valence-corrected chi connectivity index (χ0v) is 9.82. The second-order valence-electron chi connectivity index (χ2n) is 4.29. The molecular formula is C11H20N2O2. The molecule has 0 aromatic heterocycles. The SMILES string of the molecule is CCN(CC(=O)N(C)C)C1CCC(=O)C1. The van der Waals surface area contributed by atoms with E-state index >= 15 is 0 Å². The highest BCUT2D eigenvalue weighted by Crippen LogP contribution is 2.20. The summed E-state index contributed by atoms with van der Waals surface area (Å²) in [6, 6.07) is 0.284. The Bertz CT molecular complexity index is 251. The summed E-state index contributed by atoms with van der Waals surface area (Å²) in [4.78, 5) is 26.4. The van der Waals surface area contributed by atoms with Crippen LogP contribution in [0.25, 0.3) is 0 Å². The number of rotatable bonds is 4. The van der Waals surface area contributed by atoms with Gasteiger partial charge < -0.3 is 4.90 Å². The quantitative estimate of drug-likeness (QED) is 0.682. The molecule has 1 aliphatic rings. The van der Waals surface area contributed by atoms with Crippen LogP contribution in [-0.2, 0) is 9.59 Å². The smallest absolute Gasteiger partial charge is 0.236 e. The molecule has 1 atom stereocenters. The standard InChI is InChI=1S/C11H20N2O2/c1-4-13(8-11(15)12(2)3)9-5-6-10(14)7-9/h9H,4-8H2,1-3H3. The van der Waals surface area contributed by atoms with Crippen molar-refractivity contribution in [3.63, 3.8) is 0 Å². The number of Topliss-reactive ketones (excluding diaryl/α,β-unsaturated/α-hetero) is 1. The largest absolute Gasteiger partial charge is 0.348 e. The fourth-order valence-corrected chi connectivity index (χ4v) is 1.92. The minimum atomic E-state index is 0.108. The van der Waals surface area contributed by atoms with Gasteiger partial charge in [-0.05, 0) is 13.0 Å². The van der Waals surface area contributed by atoms with Crippen LogP contribution < -0.4 is 0 Å². The predicted octanol–water partition coefficient (Wildman–Crippen LogP) is 0.518. The molecule has 1 fully saturated rings. The zero-order valence-electron chi connectivity index (χ0n) is 9.82. The van der Waals surface area contributed by atoms with Crippen LogP contribution in [0.15, 0.2) is 0 Å². The number of nitrogens with zero attached hydrogens (tertiary/aromatic N) is 2. The van der Waals surface area contributed by atoms with E-state index in [0.717, 1.165) is 13.0 Å². The number of carbonyl (C=O) groups excluding carboxylic acids is 2. The number of ketones is 1. The first kappa shape index (κ1) is 12.2. The van der Waals surface area contributed by atoms with Gasteiger partial charge in [0.15, 0.2) is 0 Å². The molecule has 0 bridgehead atoms. The summed E-state index contributed by atoms with van der Waals surface area (Å²) in [7, 11) is 3.52. The van der Waals surface area contributed by atoms with E-state index in [4.69, 9.17) is 0 Å². The van der Waals surface area contributed by atoms with Gasteiger partial charge in [-0.25, -0.2) is 0 Å². The Morgan fingerprint density at radius 2 is 2.13 bits per heavy atom. The highest BCUT2D eigenvalue weighted by atomic mass is 16.2. The molecule has 4 heteroatoms. The first-order valence-electron chi connectivity index (χ1n) is 5.50. The van der Waals surface area contributed by atoms with Crippen LogP contribution in [0, 0.1) is 0 Å². The van der Waals surface area contributed by atoms with Gasteiger partial charge >= 0.3 is 0 Å². The number of hydrogen-bond donors (Lipinski definition) is 0. The van der Waals surface area contributed by atoms with Gasteiger partial charge in [-0.1, -0.05) is 6.92 Å². The topological polar surface area (TPSA) is 40.6 Å². The third-order valence-corrected chi connectivity index (χ3v) is 2.98. The minimum absolute atomic E-state index is 0.108. The molecular weight excluding hydrogens is 192 g/mol. The summed E-state index contributed by atoms with van der Waals surface area (Å²) in [6.07, 6.45) is 2.21. The van der Waals surface area contributed by atoms with Crippen molar-refractivity contribution in [2.45, 2.75) is 32.2 Å². The summed E-state index contributed by atoms with van der Waals surface area (Å²) >= 11 is 0. The summed E-state index contributed by atoms with van der Waals surface area (Å²) in [5.74, 6) is 0.437. The molecule has 0 aromatic carbocycles. The van der Waals surface area contributed by atoms with Gasteiger partial charge in [0.25, 0.3) is 0 Å². The molecule has 0 aliphatic heterocycles. The van der Waals surface area contributed by atoms with E-state index in [-0.39, 0.29) is 11.9 Å². The van der Waals surface area contributed by atoms with E-state index in [2.05, 4.69) is 4.90 Å². The molecule has 0 radical (unpaired) electrons. The second-order valence-corrected chi connectivity index (χ2v) is 4.29. The lowest BCUT2D eigenvalue weighted by Crippen LogP contribution is -2.41. The fraction of sp³-hybridized carbons (Fsp3) is 0.818. The first-order valence-corrected chi connectivity index (χ1v) is 5.50. The molecule has 1 amide bonds. The Labute approximate surface area is 91.2 Å². The van der Waals surface area contributed by atoms with Crippen LogP contribution in [0.3, 0.4) is 0 Å². The van der Waals surface area contributed by atoms with Crippen LogP contribution in [-0.4, -0.2) is 54.7 Å². The molecule has 86 valence electrons. The van der Waals surface area contributed by atoms with Crippen molar-refractivity contribution in [1.29, 1.82) is 0 Å². The fourth-order valence-electron chi connectivity index (χ4n) is 1.92. The van der Waals surface area contributed by atoms with E-state index < -0.39 is 0 Å². The van der Waals surface area contributed by atoms with Gasteiger partial charge in [0, 0.05) is 33.0 Å². The summed E-state index contributed by atoms with van der Waals surface area (Å²) in [5, 5.41) is 0. The number of carbonyl (C=O) groups is 2. The molecule has 1 saturated carbocycles. The van der Waals surface area contributed by atoms with Gasteiger partial charge in [-0.3, -0.25) is 14.5 Å². The van der Waals surface area contributed by atoms with E-state index in [1.165, 1.54) is 0 Å². The van der Waals surface area contributed by atoms with E-state index in [1.54, 1.807) is 19.0 Å². The minimum Gasteiger partial charge on any atom is -0.348 e. The molecule has 15 heavy (non-hydrogen) atoms. The lowest BCUT2D eigenvalue weighted by molar-refractivity contribution is -0.130. The lowest BCUT2D eigenvalue weighted by Gasteiger charge is -2.27. The number of amides is 1. The van der Waals surface area contributed by atoms with Crippen LogP contribution in [0.2, 0.25) is 0 Å². The van der Waals surface area contributed by atoms with Crippen molar-refractivity contribution in [1.82, 2.24) is 9.80 Å². The van der Waals surface area contributed by atoms with Gasteiger partial charge in [-0.2, -0.15) is 0 Å². The normalized spacial score (nSPS) is 21.1. The maximum absolute atomic E-state index is 11.5. The van der Waals surface area contributed by atoms with Crippen molar-refractivity contribution in [2.24, 2.45) is 0 Å². The Hall–Kier alpha value is -0.900. The second kappa shape index (κ2) is 5.26. The Kier molecular flexibility index (Phi) is 4.27. The Balaban J connectivity index is 2.49. The van der Waals surface area contributed by atoms with Crippen LogP contribution >= 0.6 is 0 Å². The van der Waals surface area contributed by atoms with Gasteiger partial charge in [0.2, 0.25) is 5.91 Å². The average Bonchev–Trinajstić information content (AvgIpc) is 2.60.